The Kier molecular flexibility index (Phi) is 5.04. The van der Waals surface area contributed by atoms with Crippen molar-refractivity contribution in [3.63, 3.8) is 0 Å². The SMILES string of the molecule is Cc1cc(OCC(=O)N2CCN(c3ccc4nnc(C)n4n3)CC2)ccc1Cl. The average molecular weight is 401 g/mol. The number of ether oxygens (including phenoxy) is 1. The Bertz CT molecular complexity index is 1010. The molecule has 0 aliphatic carbocycles. The van der Waals surface area contributed by atoms with Crippen molar-refractivity contribution in [1.82, 2.24) is 24.7 Å². The van der Waals surface area contributed by atoms with E-state index in [-0.39, 0.29) is 12.5 Å². The van der Waals surface area contributed by atoms with Crippen LogP contribution < -0.4 is 9.64 Å². The number of rotatable bonds is 4. The summed E-state index contributed by atoms with van der Waals surface area (Å²) in [5, 5.41) is 13.4. The highest BCUT2D eigenvalue weighted by molar-refractivity contribution is 6.31. The number of anilines is 1. The summed E-state index contributed by atoms with van der Waals surface area (Å²) >= 11 is 6.01. The first-order chi connectivity index (χ1) is 13.5. The summed E-state index contributed by atoms with van der Waals surface area (Å²) < 4.78 is 7.36. The number of amides is 1. The number of halogens is 1. The summed E-state index contributed by atoms with van der Waals surface area (Å²) in [6.45, 7) is 6.48. The minimum atomic E-state index is -0.0229. The predicted octanol–water partition coefficient (Wildman–Crippen LogP) is 2.12. The van der Waals surface area contributed by atoms with Gasteiger partial charge >= 0.3 is 0 Å². The van der Waals surface area contributed by atoms with Crippen LogP contribution in [0.1, 0.15) is 11.4 Å². The lowest BCUT2D eigenvalue weighted by molar-refractivity contribution is -0.133. The van der Waals surface area contributed by atoms with E-state index in [1.54, 1.807) is 16.6 Å². The minimum absolute atomic E-state index is 0.0190. The highest BCUT2D eigenvalue weighted by Gasteiger charge is 2.22. The van der Waals surface area contributed by atoms with Crippen LogP contribution in [0.2, 0.25) is 5.02 Å². The highest BCUT2D eigenvalue weighted by Crippen LogP contribution is 2.21. The van der Waals surface area contributed by atoms with Gasteiger partial charge in [0, 0.05) is 31.2 Å². The van der Waals surface area contributed by atoms with Crippen molar-refractivity contribution in [1.29, 1.82) is 0 Å². The van der Waals surface area contributed by atoms with Gasteiger partial charge in [-0.2, -0.15) is 4.52 Å². The molecule has 8 nitrogen and oxygen atoms in total. The van der Waals surface area contributed by atoms with E-state index < -0.39 is 0 Å². The van der Waals surface area contributed by atoms with E-state index in [0.717, 1.165) is 22.9 Å². The van der Waals surface area contributed by atoms with Gasteiger partial charge in [-0.3, -0.25) is 4.79 Å². The van der Waals surface area contributed by atoms with E-state index >= 15 is 0 Å². The van der Waals surface area contributed by atoms with Gasteiger partial charge in [-0.05, 0) is 49.7 Å². The molecule has 28 heavy (non-hydrogen) atoms. The fraction of sp³-hybridized carbons (Fsp3) is 0.368. The quantitative estimate of drug-likeness (QED) is 0.667. The van der Waals surface area contributed by atoms with Crippen molar-refractivity contribution in [2.75, 3.05) is 37.7 Å². The smallest absolute Gasteiger partial charge is 0.260 e. The lowest BCUT2D eigenvalue weighted by atomic mass is 10.2. The van der Waals surface area contributed by atoms with Gasteiger partial charge in [0.05, 0.1) is 0 Å². The summed E-state index contributed by atoms with van der Waals surface area (Å²) in [5.41, 5.74) is 1.65. The van der Waals surface area contributed by atoms with E-state index in [2.05, 4.69) is 20.2 Å². The van der Waals surface area contributed by atoms with Crippen molar-refractivity contribution in [3.05, 3.63) is 46.7 Å². The van der Waals surface area contributed by atoms with Gasteiger partial charge in [-0.25, -0.2) is 0 Å². The number of carbonyl (C=O) groups excluding carboxylic acids is 1. The summed E-state index contributed by atoms with van der Waals surface area (Å²) in [6.07, 6.45) is 0. The maximum Gasteiger partial charge on any atom is 0.260 e. The highest BCUT2D eigenvalue weighted by atomic mass is 35.5. The van der Waals surface area contributed by atoms with E-state index in [0.29, 0.717) is 37.0 Å². The number of piperazine rings is 1. The third-order valence-corrected chi connectivity index (χ3v) is 5.28. The van der Waals surface area contributed by atoms with Crippen molar-refractivity contribution < 1.29 is 9.53 Å². The summed E-state index contributed by atoms with van der Waals surface area (Å²) in [4.78, 5) is 16.5. The predicted molar refractivity (Wildman–Crippen MR) is 106 cm³/mol. The van der Waals surface area contributed by atoms with E-state index in [1.165, 1.54) is 0 Å². The number of aryl methyl sites for hydroxylation is 2. The number of hydrogen-bond donors (Lipinski definition) is 0. The molecule has 9 heteroatoms. The molecule has 0 spiro atoms. The second-order valence-corrected chi connectivity index (χ2v) is 7.18. The number of hydrogen-bond acceptors (Lipinski definition) is 6. The van der Waals surface area contributed by atoms with Gasteiger partial charge in [0.25, 0.3) is 5.91 Å². The van der Waals surface area contributed by atoms with Crippen LogP contribution >= 0.6 is 11.6 Å². The fourth-order valence-corrected chi connectivity index (χ4v) is 3.30. The Balaban J connectivity index is 1.33. The van der Waals surface area contributed by atoms with Gasteiger partial charge < -0.3 is 14.5 Å². The first kappa shape index (κ1) is 18.5. The molecule has 1 aliphatic heterocycles. The second-order valence-electron chi connectivity index (χ2n) is 6.78. The minimum Gasteiger partial charge on any atom is -0.484 e. The molecule has 1 aromatic carbocycles. The fourth-order valence-electron chi connectivity index (χ4n) is 3.18. The van der Waals surface area contributed by atoms with Crippen LogP contribution in [0.5, 0.6) is 5.75 Å². The Hall–Kier alpha value is -2.87. The van der Waals surface area contributed by atoms with Crippen molar-refractivity contribution in [3.8, 4) is 5.75 Å². The van der Waals surface area contributed by atoms with Crippen LogP contribution in [0.4, 0.5) is 5.82 Å². The summed E-state index contributed by atoms with van der Waals surface area (Å²) in [7, 11) is 0. The van der Waals surface area contributed by atoms with Crippen LogP contribution in [0.25, 0.3) is 5.65 Å². The first-order valence-electron chi connectivity index (χ1n) is 9.12. The van der Waals surface area contributed by atoms with Crippen LogP contribution in [0.3, 0.4) is 0 Å². The van der Waals surface area contributed by atoms with Gasteiger partial charge in [-0.15, -0.1) is 15.3 Å². The molecule has 1 aliphatic rings. The lowest BCUT2D eigenvalue weighted by Gasteiger charge is -2.35. The zero-order valence-corrected chi connectivity index (χ0v) is 16.6. The molecule has 0 saturated carbocycles. The molecule has 146 valence electrons. The van der Waals surface area contributed by atoms with Crippen LogP contribution in [-0.4, -0.2) is 63.4 Å². The second kappa shape index (κ2) is 7.63. The summed E-state index contributed by atoms with van der Waals surface area (Å²) in [6, 6.07) is 9.23. The van der Waals surface area contributed by atoms with Gasteiger partial charge in [-0.1, -0.05) is 11.6 Å². The third kappa shape index (κ3) is 3.73. The molecule has 4 rings (SSSR count). The zero-order valence-electron chi connectivity index (χ0n) is 15.8. The molecular formula is C19H21ClN6O2. The Morgan fingerprint density at radius 3 is 2.64 bits per heavy atom. The number of carbonyl (C=O) groups is 1. The largest absolute Gasteiger partial charge is 0.484 e. The van der Waals surface area contributed by atoms with Gasteiger partial charge in [0.15, 0.2) is 18.1 Å². The van der Waals surface area contributed by atoms with Crippen molar-refractivity contribution in [2.45, 2.75) is 13.8 Å². The van der Waals surface area contributed by atoms with Crippen LogP contribution in [0, 0.1) is 13.8 Å². The van der Waals surface area contributed by atoms with E-state index in [1.807, 2.05) is 36.9 Å². The number of nitrogens with zero attached hydrogens (tertiary/aromatic N) is 6. The van der Waals surface area contributed by atoms with Crippen LogP contribution in [0.15, 0.2) is 30.3 Å². The Morgan fingerprint density at radius 2 is 1.89 bits per heavy atom. The van der Waals surface area contributed by atoms with E-state index in [9.17, 15) is 4.79 Å². The van der Waals surface area contributed by atoms with Gasteiger partial charge in [0.1, 0.15) is 11.6 Å². The average Bonchev–Trinajstić information content (AvgIpc) is 3.09. The standard InChI is InChI=1S/C19H21ClN6O2/c1-13-11-15(3-4-16(13)20)28-12-19(27)25-9-7-24(8-10-25)18-6-5-17-22-21-14(2)26(17)23-18/h3-6,11H,7-10,12H2,1-2H3. The molecule has 1 fully saturated rings. The molecule has 0 bridgehead atoms. The van der Waals surface area contributed by atoms with Gasteiger partial charge in [0.2, 0.25) is 0 Å². The van der Waals surface area contributed by atoms with Crippen molar-refractivity contribution in [2.24, 2.45) is 0 Å². The normalized spacial score (nSPS) is 14.5. The molecule has 0 unspecified atom stereocenters. The molecule has 2 aromatic heterocycles. The first-order valence-corrected chi connectivity index (χ1v) is 9.50. The maximum atomic E-state index is 12.5. The lowest BCUT2D eigenvalue weighted by Crippen LogP contribution is -2.50. The zero-order chi connectivity index (χ0) is 19.7. The maximum absolute atomic E-state index is 12.5. The topological polar surface area (TPSA) is 75.9 Å². The molecule has 3 heterocycles. The molecule has 0 N–H and O–H groups in total. The molecular weight excluding hydrogens is 380 g/mol. The number of benzene rings is 1. The third-order valence-electron chi connectivity index (χ3n) is 4.85. The number of aromatic nitrogens is 4. The monoisotopic (exact) mass is 400 g/mol. The molecule has 1 saturated heterocycles. The molecule has 0 radical (unpaired) electrons. The molecule has 0 atom stereocenters. The van der Waals surface area contributed by atoms with Crippen molar-refractivity contribution >= 4 is 29.0 Å². The van der Waals surface area contributed by atoms with Crippen LogP contribution in [-0.2, 0) is 4.79 Å². The Morgan fingerprint density at radius 1 is 1.11 bits per heavy atom. The molecule has 1 amide bonds. The van der Waals surface area contributed by atoms with E-state index in [4.69, 9.17) is 16.3 Å². The summed E-state index contributed by atoms with van der Waals surface area (Å²) in [5.74, 6) is 2.23. The Labute approximate surface area is 167 Å². The molecule has 3 aromatic rings. The number of fused-ring (bicyclic) bond motifs is 1.